The van der Waals surface area contributed by atoms with Crippen LogP contribution in [0.15, 0.2) is 0 Å². The Morgan fingerprint density at radius 3 is 2.19 bits per heavy atom. The predicted octanol–water partition coefficient (Wildman–Crippen LogP) is 0.936. The van der Waals surface area contributed by atoms with Crippen molar-refractivity contribution in [2.45, 2.75) is 45.8 Å². The third-order valence-electron chi connectivity index (χ3n) is 4.11. The Balaban J connectivity index is 3.39. The summed E-state index contributed by atoms with van der Waals surface area (Å²) in [7, 11) is 2.27. The van der Waals surface area contributed by atoms with Gasteiger partial charge in [0.05, 0.1) is 26.6 Å². The monoisotopic (exact) mass is 371 g/mol. The lowest BCUT2D eigenvalue weighted by atomic mass is 9.80. The maximum absolute atomic E-state index is 12.9. The molecule has 1 aliphatic rings. The average Bonchev–Trinajstić information content (AvgIpc) is 2.83. The lowest BCUT2D eigenvalue weighted by molar-refractivity contribution is -0.150. The first-order valence-corrected chi connectivity index (χ1v) is 8.14. The zero-order chi connectivity index (χ0) is 20.2. The molecule has 0 aromatic heterocycles. The number of esters is 2. The van der Waals surface area contributed by atoms with Crippen molar-refractivity contribution in [2.75, 3.05) is 14.2 Å². The van der Waals surface area contributed by atoms with Crippen molar-refractivity contribution < 1.29 is 38.2 Å². The SMILES string of the molecule is COC(=O)C[C@H]1[C@@H](C(C)C=O)C(=O)N(C(=O)OC(C)(C)C)[C@@H]1C(=O)OC. The van der Waals surface area contributed by atoms with Gasteiger partial charge in [0.1, 0.15) is 17.9 Å². The highest BCUT2D eigenvalue weighted by molar-refractivity contribution is 6.02. The quantitative estimate of drug-likeness (QED) is 0.398. The molecule has 0 aromatic rings. The summed E-state index contributed by atoms with van der Waals surface area (Å²) in [6.45, 7) is 6.30. The van der Waals surface area contributed by atoms with Crippen molar-refractivity contribution in [1.29, 1.82) is 0 Å². The van der Waals surface area contributed by atoms with E-state index < -0.39 is 53.3 Å². The van der Waals surface area contributed by atoms with Gasteiger partial charge in [0.25, 0.3) is 0 Å². The highest BCUT2D eigenvalue weighted by Crippen LogP contribution is 2.39. The number of aldehydes is 1. The maximum Gasteiger partial charge on any atom is 0.417 e. The second kappa shape index (κ2) is 8.29. The summed E-state index contributed by atoms with van der Waals surface area (Å²) in [5.41, 5.74) is -0.912. The number of imide groups is 1. The van der Waals surface area contributed by atoms with Crippen molar-refractivity contribution in [3.63, 3.8) is 0 Å². The number of rotatable bonds is 5. The van der Waals surface area contributed by atoms with Crippen LogP contribution in [0.25, 0.3) is 0 Å². The second-order valence-corrected chi connectivity index (χ2v) is 7.12. The molecule has 0 aliphatic carbocycles. The topological polar surface area (TPSA) is 116 Å². The molecule has 146 valence electrons. The molecule has 1 fully saturated rings. The van der Waals surface area contributed by atoms with E-state index in [9.17, 15) is 24.0 Å². The number of methoxy groups -OCH3 is 2. The van der Waals surface area contributed by atoms with Crippen molar-refractivity contribution in [2.24, 2.45) is 17.8 Å². The van der Waals surface area contributed by atoms with Crippen LogP contribution < -0.4 is 0 Å². The molecule has 26 heavy (non-hydrogen) atoms. The van der Waals surface area contributed by atoms with Crippen LogP contribution in [0.1, 0.15) is 34.1 Å². The van der Waals surface area contributed by atoms with Gasteiger partial charge in [-0.05, 0) is 20.8 Å². The van der Waals surface area contributed by atoms with Crippen LogP contribution in [0.2, 0.25) is 0 Å². The summed E-state index contributed by atoms with van der Waals surface area (Å²) in [4.78, 5) is 61.4. The summed E-state index contributed by atoms with van der Waals surface area (Å²) in [6.07, 6.45) is -0.822. The van der Waals surface area contributed by atoms with Crippen LogP contribution in [0.4, 0.5) is 4.79 Å². The van der Waals surface area contributed by atoms with Gasteiger partial charge in [0, 0.05) is 11.8 Å². The summed E-state index contributed by atoms with van der Waals surface area (Å²) < 4.78 is 14.6. The number of likely N-dealkylation sites (tertiary alicyclic amines) is 1. The van der Waals surface area contributed by atoms with Crippen molar-refractivity contribution in [1.82, 2.24) is 4.90 Å². The van der Waals surface area contributed by atoms with Gasteiger partial charge in [-0.3, -0.25) is 9.59 Å². The standard InChI is InChI=1S/C17H25NO8/c1-9(8-19)12-10(7-11(20)24-5)13(15(22)25-6)18(14(12)21)16(23)26-17(2,3)4/h8-10,12-13H,7H2,1-6H3/t9?,10-,12+,13-/m0/s1. The Kier molecular flexibility index (Phi) is 6.88. The summed E-state index contributed by atoms with van der Waals surface area (Å²) in [5.74, 6) is -5.15. The molecular weight excluding hydrogens is 346 g/mol. The molecule has 0 saturated carbocycles. The Morgan fingerprint density at radius 1 is 1.19 bits per heavy atom. The van der Waals surface area contributed by atoms with Crippen LogP contribution in [-0.4, -0.2) is 61.0 Å². The highest BCUT2D eigenvalue weighted by atomic mass is 16.6. The molecule has 1 aliphatic heterocycles. The fraction of sp³-hybridized carbons (Fsp3) is 0.706. The van der Waals surface area contributed by atoms with Crippen molar-refractivity contribution in [3.05, 3.63) is 0 Å². The molecule has 2 amide bonds. The molecule has 1 saturated heterocycles. The van der Waals surface area contributed by atoms with E-state index in [-0.39, 0.29) is 6.42 Å². The first-order valence-electron chi connectivity index (χ1n) is 8.14. The number of hydrogen-bond acceptors (Lipinski definition) is 8. The molecule has 1 heterocycles. The number of carbonyl (C=O) groups excluding carboxylic acids is 5. The van der Waals surface area contributed by atoms with Crippen molar-refractivity contribution in [3.8, 4) is 0 Å². The summed E-state index contributed by atoms with van der Waals surface area (Å²) in [6, 6.07) is -1.38. The van der Waals surface area contributed by atoms with Gasteiger partial charge < -0.3 is 19.0 Å². The number of carbonyl (C=O) groups is 5. The zero-order valence-corrected chi connectivity index (χ0v) is 15.8. The first-order chi connectivity index (χ1) is 12.0. The van der Waals surface area contributed by atoms with E-state index in [2.05, 4.69) is 4.74 Å². The average molecular weight is 371 g/mol. The molecule has 1 unspecified atom stereocenters. The van der Waals surface area contributed by atoms with Gasteiger partial charge in [-0.2, -0.15) is 0 Å². The molecule has 4 atom stereocenters. The zero-order valence-electron chi connectivity index (χ0n) is 15.8. The fourth-order valence-corrected chi connectivity index (χ4v) is 3.00. The molecule has 0 radical (unpaired) electrons. The molecular formula is C17H25NO8. The van der Waals surface area contributed by atoms with Gasteiger partial charge in [0.15, 0.2) is 0 Å². The van der Waals surface area contributed by atoms with Gasteiger partial charge >= 0.3 is 18.0 Å². The van der Waals surface area contributed by atoms with E-state index in [4.69, 9.17) is 9.47 Å². The third kappa shape index (κ3) is 4.59. The van der Waals surface area contributed by atoms with E-state index in [1.165, 1.54) is 6.92 Å². The number of amides is 2. The molecule has 0 bridgehead atoms. The van der Waals surface area contributed by atoms with E-state index in [1.54, 1.807) is 20.8 Å². The van der Waals surface area contributed by atoms with E-state index >= 15 is 0 Å². The minimum atomic E-state index is -1.38. The number of hydrogen-bond donors (Lipinski definition) is 0. The molecule has 0 spiro atoms. The van der Waals surface area contributed by atoms with Crippen LogP contribution in [-0.2, 0) is 33.4 Å². The van der Waals surface area contributed by atoms with E-state index in [1.807, 2.05) is 0 Å². The first kappa shape index (κ1) is 21.6. The smallest absolute Gasteiger partial charge is 0.417 e. The maximum atomic E-state index is 12.9. The Bertz CT molecular complexity index is 594. The van der Waals surface area contributed by atoms with Crippen LogP contribution in [0.5, 0.6) is 0 Å². The predicted molar refractivity (Wildman–Crippen MR) is 87.7 cm³/mol. The minimum absolute atomic E-state index is 0.329. The molecule has 9 heteroatoms. The lowest BCUT2D eigenvalue weighted by Gasteiger charge is -2.27. The van der Waals surface area contributed by atoms with Crippen molar-refractivity contribution >= 4 is 30.2 Å². The molecule has 9 nitrogen and oxygen atoms in total. The summed E-state index contributed by atoms with van der Waals surface area (Å²) in [5, 5.41) is 0. The number of ether oxygens (including phenoxy) is 3. The summed E-state index contributed by atoms with van der Waals surface area (Å²) >= 11 is 0. The van der Waals surface area contributed by atoms with Gasteiger partial charge in [0.2, 0.25) is 5.91 Å². The normalized spacial score (nSPS) is 24.0. The molecule has 0 N–H and O–H groups in total. The largest absolute Gasteiger partial charge is 0.469 e. The van der Waals surface area contributed by atoms with E-state index in [0.29, 0.717) is 11.2 Å². The van der Waals surface area contributed by atoms with E-state index in [0.717, 1.165) is 14.2 Å². The lowest BCUT2D eigenvalue weighted by Crippen LogP contribution is -2.48. The van der Waals surface area contributed by atoms with Gasteiger partial charge in [-0.1, -0.05) is 6.92 Å². The van der Waals surface area contributed by atoms with Gasteiger partial charge in [-0.15, -0.1) is 0 Å². The minimum Gasteiger partial charge on any atom is -0.469 e. The fourth-order valence-electron chi connectivity index (χ4n) is 3.00. The van der Waals surface area contributed by atoms with Crippen LogP contribution in [0, 0.1) is 17.8 Å². The van der Waals surface area contributed by atoms with Gasteiger partial charge in [-0.25, -0.2) is 14.5 Å². The Hall–Kier alpha value is -2.45. The Morgan fingerprint density at radius 2 is 1.77 bits per heavy atom. The second-order valence-electron chi connectivity index (χ2n) is 7.12. The van der Waals surface area contributed by atoms with Crippen LogP contribution >= 0.6 is 0 Å². The molecule has 1 rings (SSSR count). The Labute approximate surface area is 151 Å². The third-order valence-corrected chi connectivity index (χ3v) is 4.11. The highest BCUT2D eigenvalue weighted by Gasteiger charge is 2.57. The number of nitrogens with zero attached hydrogens (tertiary/aromatic N) is 1. The molecule has 0 aromatic carbocycles. The van der Waals surface area contributed by atoms with Crippen LogP contribution in [0.3, 0.4) is 0 Å².